The Kier molecular flexibility index (Phi) is 11.3. The molecule has 0 unspecified atom stereocenters. The fraction of sp³-hybridized carbons (Fsp3) is 0.357. The molecule has 2 aromatic carbocycles. The number of likely N-dealkylation sites (N-methyl/N-ethyl adjacent to an activating group) is 1. The van der Waals surface area contributed by atoms with Gasteiger partial charge in [-0.2, -0.15) is 13.2 Å². The first kappa shape index (κ1) is 32.4. The SMILES string of the molecule is CCN(CC)CC(=O)OCCOC(=O)c1nc(NC(=O)Nc2ccc(Cl)cc2C)cn1Cc1ccc(C(F)(F)F)cc1. The fourth-order valence-corrected chi connectivity index (χ4v) is 4.05. The van der Waals surface area contributed by atoms with E-state index in [4.69, 9.17) is 21.1 Å². The van der Waals surface area contributed by atoms with E-state index in [0.717, 1.165) is 12.1 Å². The van der Waals surface area contributed by atoms with E-state index in [9.17, 15) is 27.6 Å². The number of urea groups is 1. The van der Waals surface area contributed by atoms with Gasteiger partial charge in [-0.05, 0) is 61.5 Å². The molecule has 0 aliphatic rings. The third-order valence-corrected chi connectivity index (χ3v) is 6.33. The average molecular weight is 610 g/mol. The monoisotopic (exact) mass is 609 g/mol. The van der Waals surface area contributed by atoms with Gasteiger partial charge in [0, 0.05) is 23.5 Å². The number of carbonyl (C=O) groups is 3. The summed E-state index contributed by atoms with van der Waals surface area (Å²) in [5.74, 6) is -1.58. The number of alkyl halides is 3. The van der Waals surface area contributed by atoms with Gasteiger partial charge in [-0.15, -0.1) is 0 Å². The van der Waals surface area contributed by atoms with Crippen LogP contribution >= 0.6 is 11.6 Å². The summed E-state index contributed by atoms with van der Waals surface area (Å²) in [5, 5.41) is 5.69. The van der Waals surface area contributed by atoms with E-state index >= 15 is 0 Å². The Labute approximate surface area is 245 Å². The molecule has 226 valence electrons. The molecule has 3 aromatic rings. The first-order chi connectivity index (χ1) is 19.9. The largest absolute Gasteiger partial charge is 0.461 e. The maximum absolute atomic E-state index is 13.0. The summed E-state index contributed by atoms with van der Waals surface area (Å²) in [5.41, 5.74) is 0.833. The molecular formula is C28H31ClF3N5O5. The lowest BCUT2D eigenvalue weighted by Crippen LogP contribution is -2.31. The summed E-state index contributed by atoms with van der Waals surface area (Å²) in [6.45, 7) is 6.56. The average Bonchev–Trinajstić information content (AvgIpc) is 3.32. The summed E-state index contributed by atoms with van der Waals surface area (Å²) in [6, 6.07) is 8.66. The van der Waals surface area contributed by atoms with Crippen molar-refractivity contribution in [1.29, 1.82) is 0 Å². The van der Waals surface area contributed by atoms with Crippen molar-refractivity contribution in [3.63, 3.8) is 0 Å². The molecule has 42 heavy (non-hydrogen) atoms. The van der Waals surface area contributed by atoms with E-state index in [0.29, 0.717) is 34.9 Å². The summed E-state index contributed by atoms with van der Waals surface area (Å²) < 4.78 is 50.6. The minimum Gasteiger partial charge on any atom is -0.461 e. The van der Waals surface area contributed by atoms with Gasteiger partial charge in [-0.25, -0.2) is 14.6 Å². The molecule has 0 saturated heterocycles. The number of hydrogen-bond acceptors (Lipinski definition) is 7. The van der Waals surface area contributed by atoms with E-state index in [1.165, 1.54) is 22.9 Å². The highest BCUT2D eigenvalue weighted by molar-refractivity contribution is 6.30. The Morgan fingerprint density at radius 2 is 1.67 bits per heavy atom. The van der Waals surface area contributed by atoms with Crippen molar-refractivity contribution < 1.29 is 37.0 Å². The van der Waals surface area contributed by atoms with Crippen LogP contribution in [0.1, 0.15) is 41.2 Å². The number of anilines is 2. The van der Waals surface area contributed by atoms with Crippen molar-refractivity contribution in [2.24, 2.45) is 0 Å². The first-order valence-electron chi connectivity index (χ1n) is 13.0. The van der Waals surface area contributed by atoms with Crippen LogP contribution in [0.2, 0.25) is 5.02 Å². The molecule has 10 nitrogen and oxygen atoms in total. The maximum atomic E-state index is 13.0. The second-order valence-electron chi connectivity index (χ2n) is 9.13. The Balaban J connectivity index is 1.71. The van der Waals surface area contributed by atoms with Crippen LogP contribution in [0, 0.1) is 6.92 Å². The van der Waals surface area contributed by atoms with Gasteiger partial charge in [0.25, 0.3) is 0 Å². The molecule has 0 radical (unpaired) electrons. The van der Waals surface area contributed by atoms with Crippen molar-refractivity contribution in [2.45, 2.75) is 33.5 Å². The van der Waals surface area contributed by atoms with Crippen molar-refractivity contribution >= 4 is 41.1 Å². The van der Waals surface area contributed by atoms with Crippen LogP contribution in [0.3, 0.4) is 0 Å². The predicted octanol–water partition coefficient (Wildman–Crippen LogP) is 5.60. The lowest BCUT2D eigenvalue weighted by molar-refractivity contribution is -0.146. The topological polar surface area (TPSA) is 115 Å². The molecular weight excluding hydrogens is 579 g/mol. The van der Waals surface area contributed by atoms with Crippen LogP contribution < -0.4 is 10.6 Å². The van der Waals surface area contributed by atoms with Gasteiger partial charge in [0.2, 0.25) is 5.82 Å². The number of rotatable bonds is 12. The Morgan fingerprint density at radius 3 is 2.29 bits per heavy atom. The third kappa shape index (κ3) is 9.48. The van der Waals surface area contributed by atoms with Crippen LogP contribution in [0.25, 0.3) is 0 Å². The summed E-state index contributed by atoms with van der Waals surface area (Å²) in [4.78, 5) is 43.5. The molecule has 2 N–H and O–H groups in total. The number of benzene rings is 2. The van der Waals surface area contributed by atoms with Crippen LogP contribution in [-0.4, -0.2) is 65.3 Å². The van der Waals surface area contributed by atoms with Gasteiger partial charge >= 0.3 is 24.1 Å². The van der Waals surface area contributed by atoms with Gasteiger partial charge in [0.05, 0.1) is 12.1 Å². The molecule has 14 heteroatoms. The molecule has 0 aliphatic heterocycles. The zero-order valence-corrected chi connectivity index (χ0v) is 24.0. The van der Waals surface area contributed by atoms with Crippen molar-refractivity contribution in [2.75, 3.05) is 43.5 Å². The number of nitrogens with zero attached hydrogens (tertiary/aromatic N) is 3. The van der Waals surface area contributed by atoms with Crippen LogP contribution in [0.4, 0.5) is 29.5 Å². The molecule has 1 heterocycles. The number of carbonyl (C=O) groups excluding carboxylic acids is 3. The van der Waals surface area contributed by atoms with Gasteiger partial charge in [-0.1, -0.05) is 37.6 Å². The lowest BCUT2D eigenvalue weighted by atomic mass is 10.1. The minimum atomic E-state index is -4.50. The zero-order valence-electron chi connectivity index (χ0n) is 23.3. The highest BCUT2D eigenvalue weighted by atomic mass is 35.5. The molecule has 2 amide bonds. The number of amides is 2. The van der Waals surface area contributed by atoms with Crippen LogP contribution in [0.5, 0.6) is 0 Å². The number of nitrogens with one attached hydrogen (secondary N) is 2. The second kappa shape index (κ2) is 14.7. The van der Waals surface area contributed by atoms with E-state index in [2.05, 4.69) is 15.6 Å². The minimum absolute atomic E-state index is 0.0105. The number of ether oxygens (including phenoxy) is 2. The van der Waals surface area contributed by atoms with Gasteiger partial charge in [-0.3, -0.25) is 15.0 Å². The summed E-state index contributed by atoms with van der Waals surface area (Å²) in [6.07, 6.45) is -3.14. The fourth-order valence-electron chi connectivity index (χ4n) is 3.82. The standard InChI is InChI=1S/C28H31ClF3N5O5/c1-4-36(5-2)17-24(38)41-12-13-42-26(39)25-34-23(35-27(40)33-22-11-10-21(29)14-18(22)3)16-37(25)15-19-6-8-20(9-7-19)28(30,31)32/h6-11,14,16H,4-5,12-13,15,17H2,1-3H3,(H2,33,35,40). The van der Waals surface area contributed by atoms with Crippen molar-refractivity contribution in [1.82, 2.24) is 14.5 Å². The summed E-state index contributed by atoms with van der Waals surface area (Å²) in [7, 11) is 0. The van der Waals surface area contributed by atoms with Gasteiger partial charge < -0.3 is 19.4 Å². The van der Waals surface area contributed by atoms with E-state index < -0.39 is 29.7 Å². The molecule has 3 rings (SSSR count). The number of esters is 2. The predicted molar refractivity (Wildman–Crippen MR) is 151 cm³/mol. The van der Waals surface area contributed by atoms with Crippen LogP contribution in [-0.2, 0) is 27.0 Å². The molecule has 0 aliphatic carbocycles. The molecule has 0 saturated carbocycles. The third-order valence-electron chi connectivity index (χ3n) is 6.10. The number of halogens is 4. The highest BCUT2D eigenvalue weighted by Crippen LogP contribution is 2.29. The Hall–Kier alpha value is -4.10. The van der Waals surface area contributed by atoms with Gasteiger partial charge in [0.15, 0.2) is 5.82 Å². The highest BCUT2D eigenvalue weighted by Gasteiger charge is 2.30. The van der Waals surface area contributed by atoms with Crippen LogP contribution in [0.15, 0.2) is 48.7 Å². The van der Waals surface area contributed by atoms with Crippen molar-refractivity contribution in [3.05, 3.63) is 76.2 Å². The van der Waals surface area contributed by atoms with E-state index in [1.54, 1.807) is 25.1 Å². The quantitative estimate of drug-likeness (QED) is 0.203. The molecule has 0 atom stereocenters. The van der Waals surface area contributed by atoms with E-state index in [-0.39, 0.29) is 37.9 Å². The number of aromatic nitrogens is 2. The number of hydrogen-bond donors (Lipinski definition) is 2. The maximum Gasteiger partial charge on any atom is 0.416 e. The molecule has 0 spiro atoms. The number of aryl methyl sites for hydroxylation is 1. The number of imidazole rings is 1. The normalized spacial score (nSPS) is 11.3. The van der Waals surface area contributed by atoms with E-state index in [1.807, 2.05) is 18.7 Å². The second-order valence-corrected chi connectivity index (χ2v) is 9.56. The molecule has 0 fully saturated rings. The lowest BCUT2D eigenvalue weighted by Gasteiger charge is -2.16. The van der Waals surface area contributed by atoms with Gasteiger partial charge in [0.1, 0.15) is 13.2 Å². The Bertz CT molecular complexity index is 1390. The zero-order chi connectivity index (χ0) is 30.9. The summed E-state index contributed by atoms with van der Waals surface area (Å²) >= 11 is 5.96. The van der Waals surface area contributed by atoms with Crippen molar-refractivity contribution in [3.8, 4) is 0 Å². The molecule has 1 aromatic heterocycles. The molecule has 0 bridgehead atoms. The first-order valence-corrected chi connectivity index (χ1v) is 13.4. The smallest absolute Gasteiger partial charge is 0.416 e. The Morgan fingerprint density at radius 1 is 1.00 bits per heavy atom.